The van der Waals surface area contributed by atoms with Crippen molar-refractivity contribution in [1.82, 2.24) is 35.7 Å². The van der Waals surface area contributed by atoms with Gasteiger partial charge in [-0.2, -0.15) is 4.98 Å². The minimum Gasteiger partial charge on any atom is -0.454 e. The van der Waals surface area contributed by atoms with Crippen LogP contribution < -0.4 is 14.8 Å². The summed E-state index contributed by atoms with van der Waals surface area (Å²) in [6.07, 6.45) is 0.249. The number of nitrogens with one attached hydrogen (secondary N) is 1. The zero-order valence-corrected chi connectivity index (χ0v) is 13.9. The second kappa shape index (κ2) is 6.78. The lowest BCUT2D eigenvalue weighted by Crippen LogP contribution is -2.24. The average molecular weight is 357 g/mol. The number of nitrogens with zero attached hydrogens (tertiary/aromatic N) is 6. The monoisotopic (exact) mass is 357 g/mol. The summed E-state index contributed by atoms with van der Waals surface area (Å²) in [7, 11) is 0. The Morgan fingerprint density at radius 1 is 1.31 bits per heavy atom. The van der Waals surface area contributed by atoms with Crippen molar-refractivity contribution in [2.24, 2.45) is 0 Å². The van der Waals surface area contributed by atoms with Gasteiger partial charge in [0, 0.05) is 12.0 Å². The molecule has 26 heavy (non-hydrogen) atoms. The van der Waals surface area contributed by atoms with Crippen LogP contribution in [0.5, 0.6) is 11.5 Å². The lowest BCUT2D eigenvalue weighted by atomic mass is 10.2. The third-order valence-electron chi connectivity index (χ3n) is 3.79. The highest BCUT2D eigenvalue weighted by Gasteiger charge is 2.17. The zero-order valence-electron chi connectivity index (χ0n) is 13.9. The molecule has 1 aliphatic rings. The first-order chi connectivity index (χ1) is 12.7. The van der Waals surface area contributed by atoms with Gasteiger partial charge in [0.25, 0.3) is 5.89 Å². The van der Waals surface area contributed by atoms with Gasteiger partial charge in [-0.15, -0.1) is 5.10 Å². The van der Waals surface area contributed by atoms with Crippen LogP contribution >= 0.6 is 0 Å². The van der Waals surface area contributed by atoms with Crippen LogP contribution in [0.4, 0.5) is 0 Å². The second-order valence-corrected chi connectivity index (χ2v) is 5.56. The number of benzene rings is 1. The first-order valence-electron chi connectivity index (χ1n) is 7.91. The number of aryl methyl sites for hydroxylation is 2. The number of rotatable bonds is 6. The van der Waals surface area contributed by atoms with E-state index in [2.05, 4.69) is 31.0 Å². The molecule has 0 unspecified atom stereocenters. The maximum absolute atomic E-state index is 11.9. The van der Waals surface area contributed by atoms with Crippen molar-refractivity contribution in [1.29, 1.82) is 0 Å². The molecule has 0 saturated carbocycles. The molecule has 134 valence electrons. The van der Waals surface area contributed by atoms with Crippen LogP contribution in [0.1, 0.15) is 18.1 Å². The first kappa shape index (κ1) is 16.0. The summed E-state index contributed by atoms with van der Waals surface area (Å²) in [5.41, 5.74) is 0.716. The van der Waals surface area contributed by atoms with Gasteiger partial charge in [0.2, 0.25) is 12.7 Å². The normalized spacial score (nSPS) is 12.3. The van der Waals surface area contributed by atoms with Crippen LogP contribution in [-0.4, -0.2) is 43.0 Å². The lowest BCUT2D eigenvalue weighted by Gasteiger charge is -2.03. The summed E-state index contributed by atoms with van der Waals surface area (Å²) >= 11 is 0. The number of aromatic nitrogens is 6. The number of carbonyl (C=O) groups is 1. The molecule has 3 heterocycles. The molecule has 0 saturated heterocycles. The van der Waals surface area contributed by atoms with E-state index in [1.807, 2.05) is 0 Å². The van der Waals surface area contributed by atoms with Gasteiger partial charge in [-0.05, 0) is 35.5 Å². The Bertz CT molecular complexity index is 936. The molecular formula is C15H15N7O4. The van der Waals surface area contributed by atoms with Gasteiger partial charge < -0.3 is 19.3 Å². The molecule has 3 aromatic rings. The van der Waals surface area contributed by atoms with Crippen LogP contribution in [-0.2, 0) is 17.9 Å². The predicted molar refractivity (Wildman–Crippen MR) is 84.9 cm³/mol. The van der Waals surface area contributed by atoms with E-state index in [4.69, 9.17) is 14.0 Å². The molecule has 4 rings (SSSR count). The lowest BCUT2D eigenvalue weighted by molar-refractivity contribution is -0.121. The van der Waals surface area contributed by atoms with Crippen LogP contribution in [0.2, 0.25) is 0 Å². The van der Waals surface area contributed by atoms with Crippen molar-refractivity contribution in [3.8, 4) is 23.0 Å². The van der Waals surface area contributed by atoms with Crippen molar-refractivity contribution < 1.29 is 18.8 Å². The molecule has 1 N–H and O–H groups in total. The smallest absolute Gasteiger partial charge is 0.258 e. The number of hydrogen-bond acceptors (Lipinski definition) is 9. The van der Waals surface area contributed by atoms with Gasteiger partial charge in [0.15, 0.2) is 17.3 Å². The van der Waals surface area contributed by atoms with Crippen molar-refractivity contribution in [2.75, 3.05) is 6.79 Å². The molecule has 11 heteroatoms. The van der Waals surface area contributed by atoms with Crippen LogP contribution in [0.3, 0.4) is 0 Å². The first-order valence-corrected chi connectivity index (χ1v) is 7.91. The quantitative estimate of drug-likeness (QED) is 0.668. The van der Waals surface area contributed by atoms with E-state index in [9.17, 15) is 4.79 Å². The van der Waals surface area contributed by atoms with Crippen molar-refractivity contribution in [2.45, 2.75) is 26.4 Å². The summed E-state index contributed by atoms with van der Waals surface area (Å²) in [5, 5.41) is 17.7. The fraction of sp³-hybridized carbons (Fsp3) is 0.333. The Morgan fingerprint density at radius 3 is 3.04 bits per heavy atom. The third kappa shape index (κ3) is 3.31. The average Bonchev–Trinajstić information content (AvgIpc) is 3.38. The summed E-state index contributed by atoms with van der Waals surface area (Å²) in [4.78, 5) is 16.2. The maximum Gasteiger partial charge on any atom is 0.258 e. The maximum atomic E-state index is 11.9. The SMILES string of the molecule is Cc1nnnn1CCC(=O)NCc1noc(-c2ccc3c(c2)OCO3)n1. The molecule has 0 spiro atoms. The fourth-order valence-corrected chi connectivity index (χ4v) is 2.40. The third-order valence-corrected chi connectivity index (χ3v) is 3.79. The van der Waals surface area contributed by atoms with E-state index in [1.54, 1.807) is 29.8 Å². The number of tetrazole rings is 1. The highest BCUT2D eigenvalue weighted by Crippen LogP contribution is 2.35. The minimum absolute atomic E-state index is 0.158. The van der Waals surface area contributed by atoms with Crippen molar-refractivity contribution in [3.63, 3.8) is 0 Å². The van der Waals surface area contributed by atoms with Crippen molar-refractivity contribution in [3.05, 3.63) is 29.8 Å². The van der Waals surface area contributed by atoms with Gasteiger partial charge >= 0.3 is 0 Å². The number of carbonyl (C=O) groups excluding carboxylic acids is 1. The van der Waals surface area contributed by atoms with E-state index in [0.717, 1.165) is 0 Å². The van der Waals surface area contributed by atoms with Gasteiger partial charge in [-0.3, -0.25) is 4.79 Å². The summed E-state index contributed by atoms with van der Waals surface area (Å²) < 4.78 is 17.4. The van der Waals surface area contributed by atoms with E-state index < -0.39 is 0 Å². The Hall–Kier alpha value is -3.50. The Balaban J connectivity index is 1.32. The van der Waals surface area contributed by atoms with Crippen LogP contribution in [0, 0.1) is 6.92 Å². The molecule has 0 bridgehead atoms. The minimum atomic E-state index is -0.158. The molecule has 0 aliphatic carbocycles. The standard InChI is InChI=1S/C15H15N7O4/c1-9-18-20-21-22(9)5-4-14(23)16-7-13-17-15(26-19-13)10-2-3-11-12(6-10)25-8-24-11/h2-3,6H,4-5,7-8H2,1H3,(H,16,23). The molecule has 1 amide bonds. The highest BCUT2D eigenvalue weighted by molar-refractivity contribution is 5.75. The van der Waals surface area contributed by atoms with Crippen LogP contribution in [0.15, 0.2) is 22.7 Å². The number of fused-ring (bicyclic) bond motifs is 1. The van der Waals surface area contributed by atoms with Crippen LogP contribution in [0.25, 0.3) is 11.5 Å². The molecule has 2 aromatic heterocycles. The number of amides is 1. The number of hydrogen-bond donors (Lipinski definition) is 1. The molecule has 0 fully saturated rings. The fourth-order valence-electron chi connectivity index (χ4n) is 2.40. The Labute approximate surface area is 147 Å². The van der Waals surface area contributed by atoms with E-state index in [0.29, 0.717) is 41.1 Å². The Morgan fingerprint density at radius 2 is 2.19 bits per heavy atom. The van der Waals surface area contributed by atoms with Gasteiger partial charge in [-0.1, -0.05) is 5.16 Å². The molecule has 1 aromatic carbocycles. The van der Waals surface area contributed by atoms with E-state index in [-0.39, 0.29) is 25.7 Å². The van der Waals surface area contributed by atoms with Gasteiger partial charge in [0.1, 0.15) is 5.82 Å². The number of ether oxygens (including phenoxy) is 2. The molecular weight excluding hydrogens is 342 g/mol. The largest absolute Gasteiger partial charge is 0.454 e. The molecule has 0 radical (unpaired) electrons. The molecule has 0 atom stereocenters. The topological polar surface area (TPSA) is 130 Å². The van der Waals surface area contributed by atoms with Crippen molar-refractivity contribution >= 4 is 5.91 Å². The molecule has 11 nitrogen and oxygen atoms in total. The zero-order chi connectivity index (χ0) is 17.9. The summed E-state index contributed by atoms with van der Waals surface area (Å²) in [6, 6.07) is 5.36. The van der Waals surface area contributed by atoms with E-state index >= 15 is 0 Å². The van der Waals surface area contributed by atoms with Gasteiger partial charge in [0.05, 0.1) is 13.1 Å². The highest BCUT2D eigenvalue weighted by atomic mass is 16.7. The predicted octanol–water partition coefficient (Wildman–Crippen LogP) is 0.467. The second-order valence-electron chi connectivity index (χ2n) is 5.56. The summed E-state index contributed by atoms with van der Waals surface area (Å²) in [6.45, 7) is 2.54. The Kier molecular flexibility index (Phi) is 4.17. The van der Waals surface area contributed by atoms with Gasteiger partial charge in [-0.25, -0.2) is 4.68 Å². The van der Waals surface area contributed by atoms with E-state index in [1.165, 1.54) is 0 Å². The molecule has 1 aliphatic heterocycles. The summed E-state index contributed by atoms with van der Waals surface area (Å²) in [5.74, 6) is 2.53.